The van der Waals surface area contributed by atoms with Crippen molar-refractivity contribution in [3.63, 3.8) is 0 Å². The number of nitrogens with one attached hydrogen (secondary N) is 1. The lowest BCUT2D eigenvalue weighted by molar-refractivity contribution is 0.0952. The van der Waals surface area contributed by atoms with E-state index in [2.05, 4.69) is 12.2 Å². The molecule has 0 aliphatic rings. The summed E-state index contributed by atoms with van der Waals surface area (Å²) in [5.41, 5.74) is 2.63. The monoisotopic (exact) mass is 448 g/mol. The SMILES string of the molecule is CCc1ccc(CNC(=O)c2sccc2S(=O)(=O)N(C)c2ccc(Cl)cc2)cc1. The molecule has 29 heavy (non-hydrogen) atoms. The molecule has 0 atom stereocenters. The van der Waals surface area contributed by atoms with E-state index in [1.54, 1.807) is 29.6 Å². The Bertz CT molecular complexity index is 1090. The van der Waals surface area contributed by atoms with Gasteiger partial charge >= 0.3 is 0 Å². The van der Waals surface area contributed by atoms with Crippen LogP contribution in [-0.2, 0) is 23.0 Å². The number of benzene rings is 2. The molecule has 1 N–H and O–H groups in total. The molecule has 2 aromatic carbocycles. The highest BCUT2D eigenvalue weighted by molar-refractivity contribution is 7.93. The zero-order valence-electron chi connectivity index (χ0n) is 16.1. The quantitative estimate of drug-likeness (QED) is 0.568. The third kappa shape index (κ3) is 4.80. The van der Waals surface area contributed by atoms with E-state index in [0.29, 0.717) is 17.3 Å². The van der Waals surface area contributed by atoms with Crippen LogP contribution >= 0.6 is 22.9 Å². The Balaban J connectivity index is 1.77. The van der Waals surface area contributed by atoms with Gasteiger partial charge in [0.15, 0.2) is 0 Å². The summed E-state index contributed by atoms with van der Waals surface area (Å²) in [6, 6.07) is 15.9. The summed E-state index contributed by atoms with van der Waals surface area (Å²) < 4.78 is 27.3. The topological polar surface area (TPSA) is 66.5 Å². The van der Waals surface area contributed by atoms with Crippen molar-refractivity contribution in [1.29, 1.82) is 0 Å². The first-order valence-electron chi connectivity index (χ1n) is 9.01. The van der Waals surface area contributed by atoms with E-state index in [-0.39, 0.29) is 9.77 Å². The molecular formula is C21H21ClN2O3S2. The van der Waals surface area contributed by atoms with Crippen molar-refractivity contribution in [2.24, 2.45) is 0 Å². The minimum absolute atomic E-state index is 0.0150. The van der Waals surface area contributed by atoms with Crippen molar-refractivity contribution >= 4 is 44.6 Å². The molecule has 5 nitrogen and oxygen atoms in total. The van der Waals surface area contributed by atoms with Gasteiger partial charge in [-0.05, 0) is 53.3 Å². The standard InChI is InChI=1S/C21H21ClN2O3S2/c1-3-15-4-6-16(7-5-15)14-23-21(25)20-19(12-13-28-20)29(26,27)24(2)18-10-8-17(22)9-11-18/h4-13H,3,14H2,1-2H3,(H,23,25). The first kappa shape index (κ1) is 21.4. The van der Waals surface area contributed by atoms with Gasteiger partial charge in [-0.15, -0.1) is 11.3 Å². The van der Waals surface area contributed by atoms with Gasteiger partial charge in [0.25, 0.3) is 15.9 Å². The second kappa shape index (κ2) is 8.98. The largest absolute Gasteiger partial charge is 0.347 e. The number of aryl methyl sites for hydroxylation is 1. The average molecular weight is 449 g/mol. The van der Waals surface area contributed by atoms with Crippen LogP contribution in [0.2, 0.25) is 5.02 Å². The third-order valence-electron chi connectivity index (χ3n) is 4.55. The second-order valence-electron chi connectivity index (χ2n) is 6.42. The van der Waals surface area contributed by atoms with Crippen molar-refractivity contribution in [1.82, 2.24) is 5.32 Å². The molecule has 8 heteroatoms. The van der Waals surface area contributed by atoms with Crippen LogP contribution in [0.25, 0.3) is 0 Å². The molecule has 152 valence electrons. The molecule has 1 aromatic heterocycles. The van der Waals surface area contributed by atoms with E-state index >= 15 is 0 Å². The zero-order chi connectivity index (χ0) is 21.0. The maximum atomic E-state index is 13.1. The normalized spacial score (nSPS) is 11.3. The molecule has 0 fully saturated rings. The van der Waals surface area contributed by atoms with Crippen molar-refractivity contribution in [3.05, 3.63) is 81.0 Å². The molecular weight excluding hydrogens is 428 g/mol. The number of rotatable bonds is 7. The summed E-state index contributed by atoms with van der Waals surface area (Å²) in [5.74, 6) is -0.414. The van der Waals surface area contributed by atoms with Crippen LogP contribution in [0, 0.1) is 0 Å². The first-order valence-corrected chi connectivity index (χ1v) is 11.7. The van der Waals surface area contributed by atoms with E-state index in [9.17, 15) is 13.2 Å². The molecule has 0 bridgehead atoms. The number of thiophene rings is 1. The number of halogens is 1. The molecule has 0 saturated heterocycles. The Morgan fingerprint density at radius 2 is 1.66 bits per heavy atom. The van der Waals surface area contributed by atoms with Gasteiger partial charge in [0.05, 0.1) is 5.69 Å². The predicted octanol–water partition coefficient (Wildman–Crippen LogP) is 4.72. The molecule has 0 unspecified atom stereocenters. The highest BCUT2D eigenvalue weighted by atomic mass is 35.5. The van der Waals surface area contributed by atoms with Crippen molar-refractivity contribution < 1.29 is 13.2 Å². The van der Waals surface area contributed by atoms with Crippen molar-refractivity contribution in [2.75, 3.05) is 11.4 Å². The smallest absolute Gasteiger partial charge is 0.265 e. The molecule has 3 aromatic rings. The minimum Gasteiger partial charge on any atom is -0.347 e. The molecule has 1 amide bonds. The molecule has 0 aliphatic heterocycles. The van der Waals surface area contributed by atoms with Gasteiger partial charge in [-0.3, -0.25) is 9.10 Å². The maximum absolute atomic E-state index is 13.1. The van der Waals surface area contributed by atoms with Crippen molar-refractivity contribution in [2.45, 2.75) is 24.8 Å². The number of carbonyl (C=O) groups excluding carboxylic acids is 1. The van der Waals surface area contributed by atoms with Gasteiger partial charge in [-0.2, -0.15) is 0 Å². The molecule has 3 rings (SSSR count). The minimum atomic E-state index is -3.89. The Hall–Kier alpha value is -2.35. The number of amides is 1. The average Bonchev–Trinajstić information content (AvgIpc) is 3.23. The summed E-state index contributed by atoms with van der Waals surface area (Å²) in [6.07, 6.45) is 0.949. The second-order valence-corrected chi connectivity index (χ2v) is 9.71. The van der Waals surface area contributed by atoms with E-state index < -0.39 is 15.9 Å². The first-order chi connectivity index (χ1) is 13.8. The van der Waals surface area contributed by atoms with E-state index in [0.717, 1.165) is 27.6 Å². The van der Waals surface area contributed by atoms with Crippen LogP contribution in [0.1, 0.15) is 27.7 Å². The lowest BCUT2D eigenvalue weighted by atomic mass is 10.1. The predicted molar refractivity (Wildman–Crippen MR) is 118 cm³/mol. The fraction of sp³-hybridized carbons (Fsp3) is 0.190. The van der Waals surface area contributed by atoms with E-state index in [4.69, 9.17) is 11.6 Å². The van der Waals surface area contributed by atoms with Gasteiger partial charge < -0.3 is 5.32 Å². The maximum Gasteiger partial charge on any atom is 0.265 e. The molecule has 0 saturated carbocycles. The number of nitrogens with zero attached hydrogens (tertiary/aromatic N) is 1. The zero-order valence-corrected chi connectivity index (χ0v) is 18.4. The van der Waals surface area contributed by atoms with Gasteiger partial charge in [0, 0.05) is 18.6 Å². The summed E-state index contributed by atoms with van der Waals surface area (Å²) in [7, 11) is -2.44. The van der Waals surface area contributed by atoms with E-state index in [1.807, 2.05) is 24.3 Å². The Morgan fingerprint density at radius 3 is 2.28 bits per heavy atom. The number of sulfonamides is 1. The van der Waals surface area contributed by atoms with Crippen LogP contribution in [0.3, 0.4) is 0 Å². The Morgan fingerprint density at radius 1 is 1.03 bits per heavy atom. The fourth-order valence-electron chi connectivity index (χ4n) is 2.76. The molecule has 0 radical (unpaired) electrons. The molecule has 0 spiro atoms. The third-order valence-corrected chi connectivity index (χ3v) is 7.67. The lowest BCUT2D eigenvalue weighted by Gasteiger charge is -2.19. The summed E-state index contributed by atoms with van der Waals surface area (Å²) in [4.78, 5) is 12.8. The van der Waals surface area contributed by atoms with Crippen LogP contribution < -0.4 is 9.62 Å². The van der Waals surface area contributed by atoms with Gasteiger partial charge in [0.1, 0.15) is 9.77 Å². The Labute approximate surface area is 180 Å². The number of anilines is 1. The number of hydrogen-bond acceptors (Lipinski definition) is 4. The molecule has 0 aliphatic carbocycles. The van der Waals surface area contributed by atoms with Crippen LogP contribution in [0.5, 0.6) is 0 Å². The van der Waals surface area contributed by atoms with Crippen LogP contribution in [-0.4, -0.2) is 21.4 Å². The highest BCUT2D eigenvalue weighted by Crippen LogP contribution is 2.28. The fourth-order valence-corrected chi connectivity index (χ4v) is 5.40. The summed E-state index contributed by atoms with van der Waals surface area (Å²) in [5, 5.41) is 4.93. The number of carbonyl (C=O) groups is 1. The lowest BCUT2D eigenvalue weighted by Crippen LogP contribution is -2.29. The molecule has 1 heterocycles. The van der Waals surface area contributed by atoms with Crippen LogP contribution in [0.15, 0.2) is 64.9 Å². The number of hydrogen-bond donors (Lipinski definition) is 1. The van der Waals surface area contributed by atoms with Gasteiger partial charge in [0.2, 0.25) is 0 Å². The summed E-state index contributed by atoms with van der Waals surface area (Å²) in [6.45, 7) is 2.41. The Kier molecular flexibility index (Phi) is 6.62. The van der Waals surface area contributed by atoms with Gasteiger partial charge in [-0.1, -0.05) is 42.8 Å². The van der Waals surface area contributed by atoms with Crippen molar-refractivity contribution in [3.8, 4) is 0 Å². The highest BCUT2D eigenvalue weighted by Gasteiger charge is 2.28. The van der Waals surface area contributed by atoms with E-state index in [1.165, 1.54) is 18.7 Å². The van der Waals surface area contributed by atoms with Gasteiger partial charge in [-0.25, -0.2) is 8.42 Å². The summed E-state index contributed by atoms with van der Waals surface area (Å²) >= 11 is 6.98. The van der Waals surface area contributed by atoms with Crippen LogP contribution in [0.4, 0.5) is 5.69 Å².